The highest BCUT2D eigenvalue weighted by Gasteiger charge is 2.36. The molecule has 0 bridgehead atoms. The maximum Gasteiger partial charge on any atom is 0.417 e. The van der Waals surface area contributed by atoms with Crippen molar-refractivity contribution in [2.45, 2.75) is 32.0 Å². The van der Waals surface area contributed by atoms with Crippen LogP contribution in [0.15, 0.2) is 25.8 Å². The number of aromatic nitrogens is 1. The molecule has 2 rings (SSSR count). The normalized spacial score (nSPS) is 15.3. The monoisotopic (exact) mass is 437 g/mol. The van der Waals surface area contributed by atoms with Gasteiger partial charge in [-0.2, -0.15) is 13.2 Å². The summed E-state index contributed by atoms with van der Waals surface area (Å²) >= 11 is 0. The number of anilines is 1. The number of alkyl halides is 3. The molecule has 3 N–H and O–H groups in total. The second kappa shape index (κ2) is 10.5. The maximum atomic E-state index is 13.4. The van der Waals surface area contributed by atoms with Gasteiger partial charge < -0.3 is 20.9 Å². The van der Waals surface area contributed by atoms with Gasteiger partial charge in [-0.25, -0.2) is 4.98 Å². The Kier molecular flexibility index (Phi) is 8.27. The molecule has 1 aliphatic heterocycles. The first kappa shape index (κ1) is 24.5. The Morgan fingerprint density at radius 2 is 1.94 bits per heavy atom. The summed E-state index contributed by atoms with van der Waals surface area (Å²) in [7, 11) is 2.05. The van der Waals surface area contributed by atoms with Crippen molar-refractivity contribution in [2.75, 3.05) is 38.5 Å². The fourth-order valence-electron chi connectivity index (χ4n) is 3.37. The molecule has 1 fully saturated rings. The minimum atomic E-state index is -4.64. The number of halogens is 3. The zero-order valence-corrected chi connectivity index (χ0v) is 18.0. The Balaban J connectivity index is 2.35. The molecule has 6 nitrogen and oxygen atoms in total. The largest absolute Gasteiger partial charge is 0.417 e. The average molecular weight is 438 g/mol. The van der Waals surface area contributed by atoms with E-state index >= 15 is 0 Å². The second-order valence-electron chi connectivity index (χ2n) is 7.61. The van der Waals surface area contributed by atoms with E-state index in [-0.39, 0.29) is 29.0 Å². The molecule has 0 spiro atoms. The fourth-order valence-corrected chi connectivity index (χ4v) is 3.37. The Hall–Kier alpha value is -2.81. The van der Waals surface area contributed by atoms with Crippen molar-refractivity contribution >= 4 is 29.1 Å². The summed E-state index contributed by atoms with van der Waals surface area (Å²) in [6.45, 7) is 14.8. The van der Waals surface area contributed by atoms with E-state index in [4.69, 9.17) is 0 Å². The van der Waals surface area contributed by atoms with E-state index < -0.39 is 11.7 Å². The van der Waals surface area contributed by atoms with Gasteiger partial charge in [0.1, 0.15) is 5.82 Å². The van der Waals surface area contributed by atoms with E-state index in [1.54, 1.807) is 6.07 Å². The van der Waals surface area contributed by atoms with Crippen LogP contribution in [0.3, 0.4) is 0 Å². The number of amides is 1. The Morgan fingerprint density at radius 1 is 1.29 bits per heavy atom. The molecule has 1 aromatic rings. The smallest absolute Gasteiger partial charge is 0.382 e. The Labute approximate surface area is 181 Å². The lowest BCUT2D eigenvalue weighted by Crippen LogP contribution is -2.40. The van der Waals surface area contributed by atoms with Crippen LogP contribution in [0.1, 0.15) is 36.6 Å². The lowest BCUT2D eigenvalue weighted by atomic mass is 9.98. The summed E-state index contributed by atoms with van der Waals surface area (Å²) in [6, 6.07) is 1.82. The van der Waals surface area contributed by atoms with E-state index in [1.165, 1.54) is 13.0 Å². The predicted octanol–water partition coefficient (Wildman–Crippen LogP) is 3.50. The number of rotatable bonds is 9. The van der Waals surface area contributed by atoms with E-state index in [0.29, 0.717) is 24.4 Å². The third kappa shape index (κ3) is 6.85. The number of allylic oxidation sites excluding steroid dienone is 1. The number of likely N-dealkylation sites (tertiary alicyclic amines) is 1. The molecular weight excluding hydrogens is 407 g/mol. The van der Waals surface area contributed by atoms with E-state index in [2.05, 4.69) is 52.6 Å². The zero-order valence-electron chi connectivity index (χ0n) is 18.0. The van der Waals surface area contributed by atoms with Crippen LogP contribution < -0.4 is 16.0 Å². The van der Waals surface area contributed by atoms with Crippen LogP contribution in [0, 0.1) is 0 Å². The average Bonchev–Trinajstić information content (AvgIpc) is 2.70. The van der Waals surface area contributed by atoms with Crippen molar-refractivity contribution in [2.24, 2.45) is 0 Å². The van der Waals surface area contributed by atoms with Gasteiger partial charge in [-0.15, -0.1) is 0 Å². The van der Waals surface area contributed by atoms with Gasteiger partial charge in [-0.3, -0.25) is 4.79 Å². The van der Waals surface area contributed by atoms with Crippen molar-refractivity contribution in [3.8, 4) is 0 Å². The molecule has 0 radical (unpaired) electrons. The third-order valence-corrected chi connectivity index (χ3v) is 5.12. The number of hydrogen-bond acceptors (Lipinski definition) is 5. The van der Waals surface area contributed by atoms with E-state index in [9.17, 15) is 18.0 Å². The molecule has 1 amide bonds. The molecule has 170 valence electrons. The topological polar surface area (TPSA) is 69.3 Å². The number of nitrogens with one attached hydrogen (secondary N) is 3. The SMILES string of the molecule is C=Cc1c(C(=C)NC2CCN(C)CC2)cc(NCCNC(C)=O)nc1C(=C)C(F)(F)F. The number of carbonyl (C=O) groups is 1. The standard InChI is InChI=1S/C22H30F3N5O/c1-6-18-19(15(3)28-17-7-11-30(5)12-8-17)13-20(27-10-9-26-16(4)31)29-21(18)14(2)22(23,24)25/h6,13,17,28H,1-3,7-12H2,4-5H3,(H,26,31)(H,27,29). The molecular formula is C22H30F3N5O. The zero-order chi connectivity index (χ0) is 23.2. The van der Waals surface area contributed by atoms with Gasteiger partial charge in [-0.1, -0.05) is 25.8 Å². The van der Waals surface area contributed by atoms with Crippen molar-refractivity contribution in [3.05, 3.63) is 42.6 Å². The van der Waals surface area contributed by atoms with Gasteiger partial charge in [0, 0.05) is 42.9 Å². The molecule has 0 unspecified atom stereocenters. The lowest BCUT2D eigenvalue weighted by molar-refractivity contribution is -0.118. The summed E-state index contributed by atoms with van der Waals surface area (Å²) in [4.78, 5) is 17.4. The highest BCUT2D eigenvalue weighted by molar-refractivity contribution is 5.82. The molecule has 2 heterocycles. The summed E-state index contributed by atoms with van der Waals surface area (Å²) in [5.41, 5.74) is -0.144. The minimum Gasteiger partial charge on any atom is -0.382 e. The third-order valence-electron chi connectivity index (χ3n) is 5.12. The molecule has 1 aromatic heterocycles. The summed E-state index contributed by atoms with van der Waals surface area (Å²) in [6.07, 6.45) is -1.47. The fraction of sp³-hybridized carbons (Fsp3) is 0.455. The van der Waals surface area contributed by atoms with Crippen LogP contribution in [-0.2, 0) is 4.79 Å². The molecule has 0 saturated carbocycles. The molecule has 0 atom stereocenters. The highest BCUT2D eigenvalue weighted by Crippen LogP contribution is 2.36. The second-order valence-corrected chi connectivity index (χ2v) is 7.61. The van der Waals surface area contributed by atoms with Crippen LogP contribution in [0.5, 0.6) is 0 Å². The van der Waals surface area contributed by atoms with Crippen molar-refractivity contribution < 1.29 is 18.0 Å². The first-order valence-electron chi connectivity index (χ1n) is 10.1. The van der Waals surface area contributed by atoms with Crippen molar-refractivity contribution in [1.29, 1.82) is 0 Å². The van der Waals surface area contributed by atoms with Gasteiger partial charge in [0.2, 0.25) is 5.91 Å². The van der Waals surface area contributed by atoms with Gasteiger partial charge in [0.05, 0.1) is 11.3 Å². The molecule has 9 heteroatoms. The molecule has 1 aliphatic rings. The Morgan fingerprint density at radius 3 is 2.48 bits per heavy atom. The van der Waals surface area contributed by atoms with Gasteiger partial charge >= 0.3 is 6.18 Å². The predicted molar refractivity (Wildman–Crippen MR) is 119 cm³/mol. The van der Waals surface area contributed by atoms with Gasteiger partial charge in [0.25, 0.3) is 0 Å². The number of pyridine rings is 1. The van der Waals surface area contributed by atoms with Crippen LogP contribution in [0.25, 0.3) is 17.3 Å². The maximum absolute atomic E-state index is 13.4. The summed E-state index contributed by atoms with van der Waals surface area (Å²) < 4.78 is 40.3. The molecule has 1 saturated heterocycles. The number of piperidine rings is 1. The van der Waals surface area contributed by atoms with Crippen LogP contribution in [-0.4, -0.2) is 61.2 Å². The number of nitrogens with zero attached hydrogens (tertiary/aromatic N) is 2. The van der Waals surface area contributed by atoms with E-state index in [1.807, 2.05) is 0 Å². The van der Waals surface area contributed by atoms with E-state index in [0.717, 1.165) is 25.9 Å². The first-order valence-corrected chi connectivity index (χ1v) is 10.1. The minimum absolute atomic E-state index is 0.181. The van der Waals surface area contributed by atoms with Crippen molar-refractivity contribution in [1.82, 2.24) is 20.5 Å². The Bertz CT molecular complexity index is 842. The highest BCUT2D eigenvalue weighted by atomic mass is 19.4. The molecule has 0 aromatic carbocycles. The molecule has 31 heavy (non-hydrogen) atoms. The summed E-state index contributed by atoms with van der Waals surface area (Å²) in [5.74, 6) is 0.0389. The first-order chi connectivity index (χ1) is 14.5. The number of carbonyl (C=O) groups excluding carboxylic acids is 1. The van der Waals surface area contributed by atoms with Crippen LogP contribution in [0.2, 0.25) is 0 Å². The van der Waals surface area contributed by atoms with Crippen LogP contribution >= 0.6 is 0 Å². The van der Waals surface area contributed by atoms with Gasteiger partial charge in [-0.05, 0) is 39.0 Å². The quantitative estimate of drug-likeness (QED) is 0.516. The van der Waals surface area contributed by atoms with Gasteiger partial charge in [0.15, 0.2) is 0 Å². The number of hydrogen-bond donors (Lipinski definition) is 3. The van der Waals surface area contributed by atoms with Crippen molar-refractivity contribution in [3.63, 3.8) is 0 Å². The molecule has 0 aliphatic carbocycles. The lowest BCUT2D eigenvalue weighted by Gasteiger charge is -2.31. The summed E-state index contributed by atoms with van der Waals surface area (Å²) in [5, 5.41) is 8.93. The van der Waals surface area contributed by atoms with Crippen LogP contribution in [0.4, 0.5) is 19.0 Å².